The average molecular weight is 402 g/mol. The van der Waals surface area contributed by atoms with E-state index in [0.29, 0.717) is 6.61 Å². The van der Waals surface area contributed by atoms with E-state index in [1.807, 2.05) is 40.4 Å². The summed E-state index contributed by atoms with van der Waals surface area (Å²) < 4.78 is 8.87. The summed E-state index contributed by atoms with van der Waals surface area (Å²) >= 11 is 8.61. The van der Waals surface area contributed by atoms with Gasteiger partial charge in [-0.15, -0.1) is 11.3 Å². The Balaban J connectivity index is 1.80. The summed E-state index contributed by atoms with van der Waals surface area (Å²) in [5.41, 5.74) is 2.05. The lowest BCUT2D eigenvalue weighted by Crippen LogP contribution is -1.99. The third-order valence-electron chi connectivity index (χ3n) is 2.70. The third kappa shape index (κ3) is 2.70. The monoisotopic (exact) mass is 400 g/mol. The largest absolute Gasteiger partial charge is 0.486 e. The van der Waals surface area contributed by atoms with Crippen molar-refractivity contribution in [2.24, 2.45) is 0 Å². The van der Waals surface area contributed by atoms with Crippen LogP contribution in [0.4, 0.5) is 0 Å². The molecular weight excluding hydrogens is 392 g/mol. The summed E-state index contributed by atoms with van der Waals surface area (Å²) in [6.07, 6.45) is 4.00. The molecule has 0 unspecified atom stereocenters. The van der Waals surface area contributed by atoms with E-state index in [1.54, 1.807) is 11.3 Å². The lowest BCUT2D eigenvalue weighted by atomic mass is 10.2. The zero-order valence-electron chi connectivity index (χ0n) is 9.85. The van der Waals surface area contributed by atoms with Crippen LogP contribution in [0.3, 0.4) is 0 Å². The smallest absolute Gasteiger partial charge is 0.193 e. The van der Waals surface area contributed by atoms with Crippen LogP contribution in [0.1, 0.15) is 11.3 Å². The van der Waals surface area contributed by atoms with Crippen molar-refractivity contribution in [1.82, 2.24) is 9.38 Å². The number of ether oxygens (including phenoxy) is 1. The Morgan fingerprint density at radius 2 is 2.26 bits per heavy atom. The molecule has 0 saturated heterocycles. The minimum Gasteiger partial charge on any atom is -0.486 e. The SMILES string of the molecule is BrCc1cccc(Br)c1OCc1cn2ccsc2n1. The van der Waals surface area contributed by atoms with Crippen LogP contribution in [0.5, 0.6) is 5.75 Å². The van der Waals surface area contributed by atoms with Gasteiger partial charge in [-0.3, -0.25) is 4.40 Å². The van der Waals surface area contributed by atoms with Crippen molar-refractivity contribution in [1.29, 1.82) is 0 Å². The molecule has 3 rings (SSSR count). The molecule has 2 heterocycles. The lowest BCUT2D eigenvalue weighted by Gasteiger charge is -2.10. The van der Waals surface area contributed by atoms with Crippen molar-refractivity contribution in [3.8, 4) is 5.75 Å². The maximum absolute atomic E-state index is 5.90. The Labute approximate surface area is 131 Å². The number of nitrogens with zero attached hydrogens (tertiary/aromatic N) is 2. The predicted octanol–water partition coefficient (Wildman–Crippen LogP) is 4.63. The number of rotatable bonds is 4. The summed E-state index contributed by atoms with van der Waals surface area (Å²) in [7, 11) is 0. The fraction of sp³-hybridized carbons (Fsp3) is 0.154. The molecule has 0 bridgehead atoms. The molecule has 0 aliphatic carbocycles. The van der Waals surface area contributed by atoms with Crippen LogP contribution in [-0.4, -0.2) is 9.38 Å². The number of aromatic nitrogens is 2. The van der Waals surface area contributed by atoms with Crippen molar-refractivity contribution < 1.29 is 4.74 Å². The number of hydrogen-bond donors (Lipinski definition) is 0. The highest BCUT2D eigenvalue weighted by Gasteiger charge is 2.09. The van der Waals surface area contributed by atoms with Gasteiger partial charge in [0.25, 0.3) is 0 Å². The lowest BCUT2D eigenvalue weighted by molar-refractivity contribution is 0.298. The second-order valence-corrected chi connectivity index (χ2v) is 6.26. The number of hydrogen-bond acceptors (Lipinski definition) is 3. The van der Waals surface area contributed by atoms with Crippen molar-refractivity contribution in [2.75, 3.05) is 0 Å². The second kappa shape index (κ2) is 5.64. The van der Waals surface area contributed by atoms with Gasteiger partial charge in [0, 0.05) is 28.7 Å². The number of benzene rings is 1. The fourth-order valence-electron chi connectivity index (χ4n) is 1.81. The number of thiazole rings is 1. The van der Waals surface area contributed by atoms with E-state index in [2.05, 4.69) is 36.8 Å². The maximum Gasteiger partial charge on any atom is 0.193 e. The Morgan fingerprint density at radius 3 is 3.05 bits per heavy atom. The third-order valence-corrected chi connectivity index (χ3v) is 4.70. The number of imidazole rings is 1. The number of halogens is 2. The Bertz CT molecular complexity index is 679. The minimum absolute atomic E-state index is 0.469. The molecule has 3 nitrogen and oxygen atoms in total. The van der Waals surface area contributed by atoms with Crippen LogP contribution >= 0.6 is 43.2 Å². The van der Waals surface area contributed by atoms with Gasteiger partial charge in [-0.2, -0.15) is 0 Å². The van der Waals surface area contributed by atoms with E-state index >= 15 is 0 Å². The molecular formula is C13H10Br2N2OS. The van der Waals surface area contributed by atoms with Crippen LogP contribution in [0, 0.1) is 0 Å². The molecule has 0 atom stereocenters. The highest BCUT2D eigenvalue weighted by molar-refractivity contribution is 9.10. The molecule has 0 saturated carbocycles. The molecule has 0 fully saturated rings. The molecule has 3 aromatic rings. The normalized spacial score (nSPS) is 11.1. The van der Waals surface area contributed by atoms with E-state index in [9.17, 15) is 0 Å². The van der Waals surface area contributed by atoms with Crippen LogP contribution in [-0.2, 0) is 11.9 Å². The molecule has 0 N–H and O–H groups in total. The summed E-state index contributed by atoms with van der Waals surface area (Å²) in [5, 5.41) is 2.78. The number of para-hydroxylation sites is 1. The standard InChI is InChI=1S/C13H10Br2N2OS/c14-6-9-2-1-3-11(15)12(9)18-8-10-7-17-4-5-19-13(17)16-10/h1-5,7H,6,8H2. The molecule has 0 amide bonds. The number of alkyl halides is 1. The topological polar surface area (TPSA) is 26.5 Å². The second-order valence-electron chi connectivity index (χ2n) is 3.98. The Kier molecular flexibility index (Phi) is 3.91. The summed E-state index contributed by atoms with van der Waals surface area (Å²) in [4.78, 5) is 5.49. The summed E-state index contributed by atoms with van der Waals surface area (Å²) in [6.45, 7) is 0.469. The zero-order valence-corrected chi connectivity index (χ0v) is 13.8. The van der Waals surface area contributed by atoms with Crippen molar-refractivity contribution >= 4 is 48.2 Å². The molecule has 0 aliphatic heterocycles. The Hall–Kier alpha value is -0.850. The molecule has 98 valence electrons. The van der Waals surface area contributed by atoms with Crippen molar-refractivity contribution in [3.63, 3.8) is 0 Å². The van der Waals surface area contributed by atoms with Gasteiger partial charge in [0.1, 0.15) is 12.4 Å². The molecule has 6 heteroatoms. The van der Waals surface area contributed by atoms with E-state index in [1.165, 1.54) is 0 Å². The van der Waals surface area contributed by atoms with E-state index in [0.717, 1.165) is 31.8 Å². The van der Waals surface area contributed by atoms with Crippen molar-refractivity contribution in [3.05, 3.63) is 51.7 Å². The van der Waals surface area contributed by atoms with Crippen molar-refractivity contribution in [2.45, 2.75) is 11.9 Å². The van der Waals surface area contributed by atoms with Crippen LogP contribution in [0.15, 0.2) is 40.4 Å². The highest BCUT2D eigenvalue weighted by Crippen LogP contribution is 2.31. The Morgan fingerprint density at radius 1 is 1.37 bits per heavy atom. The first-order valence-corrected chi connectivity index (χ1v) is 8.44. The van der Waals surface area contributed by atoms with Gasteiger partial charge >= 0.3 is 0 Å². The van der Waals surface area contributed by atoms with Crippen LogP contribution in [0.25, 0.3) is 4.96 Å². The number of fused-ring (bicyclic) bond motifs is 1. The van der Waals surface area contributed by atoms with E-state index in [4.69, 9.17) is 4.74 Å². The molecule has 0 radical (unpaired) electrons. The first kappa shape index (κ1) is 13.1. The molecule has 0 aliphatic rings. The zero-order chi connectivity index (χ0) is 13.2. The average Bonchev–Trinajstić information content (AvgIpc) is 2.97. The van der Waals surface area contributed by atoms with Crippen LogP contribution in [0.2, 0.25) is 0 Å². The van der Waals surface area contributed by atoms with Gasteiger partial charge in [-0.25, -0.2) is 4.98 Å². The quantitative estimate of drug-likeness (QED) is 0.595. The molecule has 1 aromatic carbocycles. The van der Waals surface area contributed by atoms with Gasteiger partial charge in [-0.05, 0) is 22.0 Å². The molecule has 2 aromatic heterocycles. The van der Waals surface area contributed by atoms with E-state index < -0.39 is 0 Å². The van der Waals surface area contributed by atoms with E-state index in [-0.39, 0.29) is 0 Å². The van der Waals surface area contributed by atoms with Crippen LogP contribution < -0.4 is 4.74 Å². The maximum atomic E-state index is 5.90. The fourth-order valence-corrected chi connectivity index (χ4v) is 3.49. The summed E-state index contributed by atoms with van der Waals surface area (Å²) in [6, 6.07) is 6.02. The highest BCUT2D eigenvalue weighted by atomic mass is 79.9. The van der Waals surface area contributed by atoms with Gasteiger partial charge in [0.15, 0.2) is 4.96 Å². The first-order chi connectivity index (χ1) is 9.28. The van der Waals surface area contributed by atoms with Gasteiger partial charge in [-0.1, -0.05) is 28.1 Å². The minimum atomic E-state index is 0.469. The predicted molar refractivity (Wildman–Crippen MR) is 84.2 cm³/mol. The molecule has 19 heavy (non-hydrogen) atoms. The van der Waals surface area contributed by atoms with Gasteiger partial charge < -0.3 is 4.74 Å². The molecule has 0 spiro atoms. The summed E-state index contributed by atoms with van der Waals surface area (Å²) in [5.74, 6) is 0.871. The van der Waals surface area contributed by atoms with Gasteiger partial charge in [0.05, 0.1) is 10.2 Å². The first-order valence-electron chi connectivity index (χ1n) is 5.65. The van der Waals surface area contributed by atoms with Gasteiger partial charge in [0.2, 0.25) is 0 Å².